The Morgan fingerprint density at radius 2 is 2.12 bits per heavy atom. The molecule has 0 bridgehead atoms. The number of carbonyl (C=O) groups is 2. The minimum absolute atomic E-state index is 0.0389. The minimum atomic E-state index is -0.0792. The summed E-state index contributed by atoms with van der Waals surface area (Å²) in [7, 11) is 1.81. The van der Waals surface area contributed by atoms with Gasteiger partial charge in [-0.25, -0.2) is 0 Å². The van der Waals surface area contributed by atoms with Crippen LogP contribution in [0.1, 0.15) is 17.7 Å². The lowest BCUT2D eigenvalue weighted by Crippen LogP contribution is -2.43. The second-order valence-corrected chi connectivity index (χ2v) is 6.98. The summed E-state index contributed by atoms with van der Waals surface area (Å²) >= 11 is 0. The third-order valence-electron chi connectivity index (χ3n) is 5.48. The molecular weight excluding hydrogens is 318 g/mol. The minimum Gasteiger partial charge on any atom is -0.374 e. The van der Waals surface area contributed by atoms with Gasteiger partial charge in [0.05, 0.1) is 31.6 Å². The number of rotatable bonds is 2. The van der Waals surface area contributed by atoms with Crippen LogP contribution in [0.5, 0.6) is 0 Å². The molecule has 2 fully saturated rings. The van der Waals surface area contributed by atoms with Crippen LogP contribution in [-0.4, -0.2) is 65.5 Å². The highest BCUT2D eigenvalue weighted by molar-refractivity contribution is 5.90. The number of nitrogens with one attached hydrogen (secondary N) is 1. The molecule has 6 nitrogen and oxygen atoms in total. The normalized spacial score (nSPS) is 23.8. The zero-order valence-corrected chi connectivity index (χ0v) is 14.6. The Kier molecular flexibility index (Phi) is 4.00. The van der Waals surface area contributed by atoms with Crippen molar-refractivity contribution in [3.8, 4) is 0 Å². The highest BCUT2D eigenvalue weighted by Gasteiger charge is 2.41. The van der Waals surface area contributed by atoms with Crippen LogP contribution in [0.3, 0.4) is 0 Å². The molecule has 1 N–H and O–H groups in total. The summed E-state index contributed by atoms with van der Waals surface area (Å²) in [6.07, 6.45) is 0.711. The van der Waals surface area contributed by atoms with Gasteiger partial charge in [0.2, 0.25) is 11.8 Å². The first-order chi connectivity index (χ1) is 12.0. The third kappa shape index (κ3) is 2.80. The van der Waals surface area contributed by atoms with E-state index < -0.39 is 0 Å². The van der Waals surface area contributed by atoms with Crippen LogP contribution in [0.25, 0.3) is 10.9 Å². The highest BCUT2D eigenvalue weighted by Crippen LogP contribution is 2.26. The Morgan fingerprint density at radius 1 is 1.32 bits per heavy atom. The molecule has 0 spiro atoms. The second kappa shape index (κ2) is 6.19. The summed E-state index contributed by atoms with van der Waals surface area (Å²) in [6, 6.07) is 8.01. The first-order valence-electron chi connectivity index (χ1n) is 8.76. The molecule has 2 saturated heterocycles. The average molecular weight is 341 g/mol. The van der Waals surface area contributed by atoms with Crippen LogP contribution in [-0.2, 0) is 20.7 Å². The number of H-pyrrole nitrogens is 1. The van der Waals surface area contributed by atoms with Gasteiger partial charge in [-0.3, -0.25) is 9.59 Å². The maximum Gasteiger partial charge on any atom is 0.227 e. The summed E-state index contributed by atoms with van der Waals surface area (Å²) in [5.41, 5.74) is 3.15. The van der Waals surface area contributed by atoms with Crippen molar-refractivity contribution >= 4 is 22.7 Å². The van der Waals surface area contributed by atoms with Crippen molar-refractivity contribution in [3.63, 3.8) is 0 Å². The lowest BCUT2D eigenvalue weighted by molar-refractivity contribution is -0.133. The van der Waals surface area contributed by atoms with Gasteiger partial charge in [0.1, 0.15) is 0 Å². The molecule has 0 aliphatic carbocycles. The van der Waals surface area contributed by atoms with E-state index in [1.54, 1.807) is 4.90 Å². The molecule has 132 valence electrons. The average Bonchev–Trinajstić information content (AvgIpc) is 3.12. The number of likely N-dealkylation sites (tertiary alicyclic amines) is 1. The summed E-state index contributed by atoms with van der Waals surface area (Å²) in [5, 5.41) is 1.10. The van der Waals surface area contributed by atoms with Crippen LogP contribution in [0.15, 0.2) is 24.3 Å². The number of para-hydroxylation sites is 1. The van der Waals surface area contributed by atoms with Crippen molar-refractivity contribution in [1.82, 2.24) is 14.8 Å². The molecule has 4 rings (SSSR count). The Morgan fingerprint density at radius 3 is 2.96 bits per heavy atom. The Labute approximate surface area is 146 Å². The quantitative estimate of drug-likeness (QED) is 0.900. The Hall–Kier alpha value is -2.34. The van der Waals surface area contributed by atoms with E-state index in [1.807, 2.05) is 43.1 Å². The molecule has 2 amide bonds. The van der Waals surface area contributed by atoms with E-state index >= 15 is 0 Å². The molecule has 6 heteroatoms. The number of aryl methyl sites for hydroxylation is 1. The van der Waals surface area contributed by atoms with Gasteiger partial charge in [0.25, 0.3) is 0 Å². The van der Waals surface area contributed by atoms with Gasteiger partial charge < -0.3 is 19.5 Å². The van der Waals surface area contributed by atoms with E-state index in [0.717, 1.165) is 22.2 Å². The maximum absolute atomic E-state index is 12.9. The topological polar surface area (TPSA) is 65.6 Å². The molecule has 1 aromatic carbocycles. The molecular formula is C19H23N3O3. The first kappa shape index (κ1) is 16.1. The number of hydrogen-bond donors (Lipinski definition) is 1. The first-order valence-corrected chi connectivity index (χ1v) is 8.76. The van der Waals surface area contributed by atoms with E-state index in [0.29, 0.717) is 32.5 Å². The molecule has 0 saturated carbocycles. The number of nitrogens with zero attached hydrogens (tertiary/aromatic N) is 2. The number of aromatic nitrogens is 1. The van der Waals surface area contributed by atoms with Gasteiger partial charge in [-0.1, -0.05) is 18.2 Å². The molecule has 2 aliphatic rings. The van der Waals surface area contributed by atoms with E-state index in [1.165, 1.54) is 0 Å². The SMILES string of the molecule is Cc1[nH]c2ccccc2c1CC(=O)N1C[C@@H]2OCCC(=O)N(C)[C@H]2C1. The zero-order chi connectivity index (χ0) is 17.6. The van der Waals surface area contributed by atoms with Crippen LogP contribution < -0.4 is 0 Å². The molecule has 2 aromatic rings. The van der Waals surface area contributed by atoms with Crippen molar-refractivity contribution in [2.75, 3.05) is 26.7 Å². The number of likely N-dealkylation sites (N-methyl/N-ethyl adjacent to an activating group) is 1. The fourth-order valence-corrected chi connectivity index (χ4v) is 3.98. The molecule has 0 radical (unpaired) electrons. The molecule has 3 heterocycles. The number of hydrogen-bond acceptors (Lipinski definition) is 3. The van der Waals surface area contributed by atoms with Crippen LogP contribution in [0, 0.1) is 6.92 Å². The Balaban J connectivity index is 1.52. The molecule has 1 aromatic heterocycles. The van der Waals surface area contributed by atoms with Gasteiger partial charge in [0, 0.05) is 36.7 Å². The fourth-order valence-electron chi connectivity index (χ4n) is 3.98. The molecule has 2 aliphatic heterocycles. The summed E-state index contributed by atoms with van der Waals surface area (Å²) in [5.74, 6) is 0.180. The number of ether oxygens (including phenoxy) is 1. The number of aromatic amines is 1. The van der Waals surface area contributed by atoms with Crippen molar-refractivity contribution in [2.45, 2.75) is 31.9 Å². The number of fused-ring (bicyclic) bond motifs is 2. The number of benzene rings is 1. The largest absolute Gasteiger partial charge is 0.374 e. The van der Waals surface area contributed by atoms with Gasteiger partial charge in [-0.15, -0.1) is 0 Å². The van der Waals surface area contributed by atoms with Crippen molar-refractivity contribution < 1.29 is 14.3 Å². The number of amides is 2. The fraction of sp³-hybridized carbons (Fsp3) is 0.474. The second-order valence-electron chi connectivity index (χ2n) is 6.98. The monoisotopic (exact) mass is 341 g/mol. The lowest BCUT2D eigenvalue weighted by atomic mass is 10.1. The van der Waals surface area contributed by atoms with Gasteiger partial charge in [-0.2, -0.15) is 0 Å². The number of carbonyl (C=O) groups excluding carboxylic acids is 2. The highest BCUT2D eigenvalue weighted by atomic mass is 16.5. The van der Waals surface area contributed by atoms with Crippen molar-refractivity contribution in [1.29, 1.82) is 0 Å². The van der Waals surface area contributed by atoms with E-state index in [9.17, 15) is 9.59 Å². The predicted molar refractivity (Wildman–Crippen MR) is 94.2 cm³/mol. The Bertz CT molecular complexity index is 828. The smallest absolute Gasteiger partial charge is 0.227 e. The van der Waals surface area contributed by atoms with Gasteiger partial charge in [0.15, 0.2) is 0 Å². The van der Waals surface area contributed by atoms with Crippen LogP contribution >= 0.6 is 0 Å². The van der Waals surface area contributed by atoms with E-state index in [4.69, 9.17) is 4.74 Å². The van der Waals surface area contributed by atoms with Crippen LogP contribution in [0.4, 0.5) is 0 Å². The molecule has 2 atom stereocenters. The predicted octanol–water partition coefficient (Wildman–Crippen LogP) is 1.48. The maximum atomic E-state index is 12.9. The van der Waals surface area contributed by atoms with Gasteiger partial charge in [-0.05, 0) is 18.6 Å². The summed E-state index contributed by atoms with van der Waals surface area (Å²) < 4.78 is 5.81. The van der Waals surface area contributed by atoms with Crippen molar-refractivity contribution in [2.24, 2.45) is 0 Å². The summed E-state index contributed by atoms with van der Waals surface area (Å²) in [4.78, 5) is 31.8. The third-order valence-corrected chi connectivity index (χ3v) is 5.48. The zero-order valence-electron chi connectivity index (χ0n) is 14.6. The summed E-state index contributed by atoms with van der Waals surface area (Å²) in [6.45, 7) is 3.55. The standard InChI is InChI=1S/C19H23N3O3/c1-12-14(13-5-3-4-6-15(13)20-12)9-19(24)22-10-16-17(11-22)25-8-7-18(23)21(16)2/h3-6,16-17,20H,7-11H2,1-2H3/t16-,17-/m0/s1. The van der Waals surface area contributed by atoms with E-state index in [-0.39, 0.29) is 24.0 Å². The molecule has 0 unspecified atom stereocenters. The lowest BCUT2D eigenvalue weighted by Gasteiger charge is -2.25. The van der Waals surface area contributed by atoms with Crippen LogP contribution in [0.2, 0.25) is 0 Å². The van der Waals surface area contributed by atoms with Crippen molar-refractivity contribution in [3.05, 3.63) is 35.5 Å². The molecule has 25 heavy (non-hydrogen) atoms. The van der Waals surface area contributed by atoms with E-state index in [2.05, 4.69) is 4.98 Å². The van der Waals surface area contributed by atoms with Gasteiger partial charge >= 0.3 is 0 Å².